The van der Waals surface area contributed by atoms with Gasteiger partial charge in [0, 0.05) is 6.54 Å². The Kier molecular flexibility index (Phi) is 3.04. The molecular weight excluding hydrogens is 220 g/mol. The van der Waals surface area contributed by atoms with Crippen LogP contribution in [0.1, 0.15) is 5.56 Å². The second-order valence-electron chi connectivity index (χ2n) is 3.60. The van der Waals surface area contributed by atoms with Gasteiger partial charge in [0.05, 0.1) is 7.05 Å². The summed E-state index contributed by atoms with van der Waals surface area (Å²) in [5, 5.41) is 13.7. The van der Waals surface area contributed by atoms with Crippen LogP contribution >= 0.6 is 0 Å². The first-order valence-electron chi connectivity index (χ1n) is 5.12. The molecule has 2 rings (SSSR count). The average Bonchev–Trinajstić information content (AvgIpc) is 2.69. The smallest absolute Gasteiger partial charge is 0.344 e. The van der Waals surface area contributed by atoms with Gasteiger partial charge in [0.15, 0.2) is 0 Å². The predicted octanol–water partition coefficient (Wildman–Crippen LogP) is 1.94. The van der Waals surface area contributed by atoms with E-state index in [0.29, 0.717) is 12.5 Å². The van der Waals surface area contributed by atoms with Crippen LogP contribution in [0, 0.1) is 10.1 Å². The van der Waals surface area contributed by atoms with Crippen molar-refractivity contribution < 1.29 is 4.92 Å². The van der Waals surface area contributed by atoms with Crippen molar-refractivity contribution in [3.05, 3.63) is 52.2 Å². The van der Waals surface area contributed by atoms with Crippen molar-refractivity contribution in [2.24, 2.45) is 7.05 Å². The fourth-order valence-electron chi connectivity index (χ4n) is 1.51. The number of hydrogen-bond acceptors (Lipinski definition) is 4. The summed E-state index contributed by atoms with van der Waals surface area (Å²) in [4.78, 5) is 14.1. The van der Waals surface area contributed by atoms with Gasteiger partial charge in [-0.1, -0.05) is 30.3 Å². The first kappa shape index (κ1) is 11.1. The van der Waals surface area contributed by atoms with Gasteiger partial charge in [0.2, 0.25) is 0 Å². The third kappa shape index (κ3) is 2.41. The lowest BCUT2D eigenvalue weighted by atomic mass is 10.2. The van der Waals surface area contributed by atoms with Crippen LogP contribution in [0.3, 0.4) is 0 Å². The lowest BCUT2D eigenvalue weighted by Crippen LogP contribution is -2.06. The number of anilines is 1. The molecule has 0 atom stereocenters. The van der Waals surface area contributed by atoms with E-state index in [2.05, 4.69) is 10.3 Å². The molecule has 0 spiro atoms. The van der Waals surface area contributed by atoms with Gasteiger partial charge in [-0.05, 0) is 10.5 Å². The van der Waals surface area contributed by atoms with Gasteiger partial charge in [-0.2, -0.15) is 9.55 Å². The molecule has 0 aliphatic rings. The number of nitro groups is 1. The molecule has 17 heavy (non-hydrogen) atoms. The van der Waals surface area contributed by atoms with E-state index >= 15 is 0 Å². The number of aromatic nitrogens is 2. The minimum Gasteiger partial charge on any atom is -0.358 e. The molecule has 6 nitrogen and oxygen atoms in total. The van der Waals surface area contributed by atoms with Crippen LogP contribution in [0.15, 0.2) is 36.5 Å². The molecule has 1 aromatic heterocycles. The molecule has 1 N–H and O–H groups in total. The van der Waals surface area contributed by atoms with Crippen LogP contribution in [0.25, 0.3) is 0 Å². The molecule has 88 valence electrons. The summed E-state index contributed by atoms with van der Waals surface area (Å²) < 4.78 is 1.42. The van der Waals surface area contributed by atoms with Crippen LogP contribution in [-0.4, -0.2) is 14.5 Å². The molecule has 1 heterocycles. The van der Waals surface area contributed by atoms with Crippen LogP contribution in [0.4, 0.5) is 11.8 Å². The molecule has 0 bridgehead atoms. The van der Waals surface area contributed by atoms with Gasteiger partial charge < -0.3 is 15.4 Å². The summed E-state index contributed by atoms with van der Waals surface area (Å²) in [5.74, 6) is 0.459. The van der Waals surface area contributed by atoms with Gasteiger partial charge in [-0.25, -0.2) is 0 Å². The number of imidazole rings is 1. The van der Waals surface area contributed by atoms with Gasteiger partial charge >= 0.3 is 5.82 Å². The molecule has 0 amide bonds. The van der Waals surface area contributed by atoms with Crippen molar-refractivity contribution in [2.75, 3.05) is 5.32 Å². The van der Waals surface area contributed by atoms with Gasteiger partial charge in [0.1, 0.15) is 6.20 Å². The number of nitrogens with one attached hydrogen (secondary N) is 1. The molecule has 0 unspecified atom stereocenters. The zero-order chi connectivity index (χ0) is 12.3. The van der Waals surface area contributed by atoms with Gasteiger partial charge in [-0.3, -0.25) is 0 Å². The maximum absolute atomic E-state index is 10.6. The highest BCUT2D eigenvalue weighted by Crippen LogP contribution is 2.15. The summed E-state index contributed by atoms with van der Waals surface area (Å²) in [6, 6.07) is 9.78. The van der Waals surface area contributed by atoms with Crippen molar-refractivity contribution in [2.45, 2.75) is 6.54 Å². The standard InChI is InChI=1S/C11H12N4O2/c1-14-10(15(16)17)8-13-11(14)12-7-9-5-3-2-4-6-9/h2-6,8H,7H2,1H3,(H,12,13). The normalized spacial score (nSPS) is 10.2. The van der Waals surface area contributed by atoms with E-state index in [0.717, 1.165) is 5.56 Å². The van der Waals surface area contributed by atoms with Crippen molar-refractivity contribution in [1.29, 1.82) is 0 Å². The molecule has 0 aliphatic carbocycles. The third-order valence-corrected chi connectivity index (χ3v) is 2.44. The van der Waals surface area contributed by atoms with Crippen molar-refractivity contribution in [1.82, 2.24) is 9.55 Å². The quantitative estimate of drug-likeness (QED) is 0.645. The fraction of sp³-hybridized carbons (Fsp3) is 0.182. The first-order chi connectivity index (χ1) is 8.18. The highest BCUT2D eigenvalue weighted by atomic mass is 16.6. The number of hydrogen-bond donors (Lipinski definition) is 1. The van der Waals surface area contributed by atoms with Crippen molar-refractivity contribution in [3.8, 4) is 0 Å². The average molecular weight is 232 g/mol. The number of benzene rings is 1. The topological polar surface area (TPSA) is 73.0 Å². The second kappa shape index (κ2) is 4.65. The Hall–Kier alpha value is -2.37. The number of rotatable bonds is 4. The van der Waals surface area contributed by atoms with E-state index < -0.39 is 4.92 Å². The first-order valence-corrected chi connectivity index (χ1v) is 5.12. The number of nitrogens with zero attached hydrogens (tertiary/aromatic N) is 3. The van der Waals surface area contributed by atoms with E-state index in [-0.39, 0.29) is 5.82 Å². The van der Waals surface area contributed by atoms with E-state index in [1.807, 2.05) is 30.3 Å². The van der Waals surface area contributed by atoms with Gasteiger partial charge in [-0.15, -0.1) is 0 Å². The second-order valence-corrected chi connectivity index (χ2v) is 3.60. The summed E-state index contributed by atoms with van der Waals surface area (Å²) in [6.45, 7) is 0.586. The van der Waals surface area contributed by atoms with E-state index in [4.69, 9.17) is 0 Å². The minimum absolute atomic E-state index is 0.0273. The SMILES string of the molecule is Cn1c([N+](=O)[O-])cnc1NCc1ccccc1. The molecule has 0 fully saturated rings. The highest BCUT2D eigenvalue weighted by molar-refractivity contribution is 5.36. The Morgan fingerprint density at radius 1 is 1.41 bits per heavy atom. The van der Waals surface area contributed by atoms with Crippen molar-refractivity contribution >= 4 is 11.8 Å². The van der Waals surface area contributed by atoms with Crippen LogP contribution in [-0.2, 0) is 13.6 Å². The maximum Gasteiger partial charge on any atom is 0.344 e. The van der Waals surface area contributed by atoms with E-state index in [1.165, 1.54) is 10.8 Å². The molecule has 2 aromatic rings. The van der Waals surface area contributed by atoms with Crippen LogP contribution in [0.5, 0.6) is 0 Å². The summed E-state index contributed by atoms with van der Waals surface area (Å²) >= 11 is 0. The monoisotopic (exact) mass is 232 g/mol. The largest absolute Gasteiger partial charge is 0.358 e. The molecule has 0 aliphatic heterocycles. The highest BCUT2D eigenvalue weighted by Gasteiger charge is 2.15. The summed E-state index contributed by atoms with van der Waals surface area (Å²) in [5.41, 5.74) is 1.10. The van der Waals surface area contributed by atoms with E-state index in [1.54, 1.807) is 7.05 Å². The third-order valence-electron chi connectivity index (χ3n) is 2.44. The van der Waals surface area contributed by atoms with Crippen molar-refractivity contribution in [3.63, 3.8) is 0 Å². The molecule has 6 heteroatoms. The molecular formula is C11H12N4O2. The lowest BCUT2D eigenvalue weighted by molar-refractivity contribution is -0.391. The Morgan fingerprint density at radius 3 is 2.71 bits per heavy atom. The van der Waals surface area contributed by atoms with E-state index in [9.17, 15) is 10.1 Å². The molecule has 1 aromatic carbocycles. The summed E-state index contributed by atoms with van der Waals surface area (Å²) in [6.07, 6.45) is 1.24. The zero-order valence-electron chi connectivity index (χ0n) is 9.33. The summed E-state index contributed by atoms with van der Waals surface area (Å²) in [7, 11) is 1.61. The Morgan fingerprint density at radius 2 is 2.12 bits per heavy atom. The van der Waals surface area contributed by atoms with Crippen LogP contribution in [0.2, 0.25) is 0 Å². The molecule has 0 saturated carbocycles. The predicted molar refractivity (Wildman–Crippen MR) is 63.6 cm³/mol. The Balaban J connectivity index is 2.07. The molecule has 0 radical (unpaired) electrons. The molecule has 0 saturated heterocycles. The lowest BCUT2D eigenvalue weighted by Gasteiger charge is -2.03. The van der Waals surface area contributed by atoms with Gasteiger partial charge in [0.25, 0.3) is 5.95 Å². The Bertz CT molecular complexity index is 522. The zero-order valence-corrected chi connectivity index (χ0v) is 9.33. The minimum atomic E-state index is -0.458. The van der Waals surface area contributed by atoms with Crippen LogP contribution < -0.4 is 5.32 Å². The fourth-order valence-corrected chi connectivity index (χ4v) is 1.51. The maximum atomic E-state index is 10.6. The Labute approximate surface area is 98.1 Å².